The third kappa shape index (κ3) is 3.90. The summed E-state index contributed by atoms with van der Waals surface area (Å²) in [6, 6.07) is 23.5. The summed E-state index contributed by atoms with van der Waals surface area (Å²) in [7, 11) is 0. The molecule has 3 aromatic carbocycles. The SMILES string of the molecule is O=C(c1ccc(-c2ccccc2)cc1)N1CCCC(c2nnc(-c3ccc4c(c3)OCO4)o2)C1. The molecule has 2 aliphatic rings. The van der Waals surface area contributed by atoms with Crippen molar-refractivity contribution in [2.45, 2.75) is 18.8 Å². The Balaban J connectivity index is 1.16. The highest BCUT2D eigenvalue weighted by Crippen LogP contribution is 2.36. The molecule has 1 unspecified atom stereocenters. The zero-order valence-corrected chi connectivity index (χ0v) is 18.5. The molecule has 0 bridgehead atoms. The van der Waals surface area contributed by atoms with Gasteiger partial charge in [0.05, 0.1) is 5.92 Å². The summed E-state index contributed by atoms with van der Waals surface area (Å²) in [6.45, 7) is 1.50. The molecule has 2 aliphatic heterocycles. The molecule has 0 radical (unpaired) electrons. The highest BCUT2D eigenvalue weighted by atomic mass is 16.7. The monoisotopic (exact) mass is 453 g/mol. The second-order valence-electron chi connectivity index (χ2n) is 8.55. The first kappa shape index (κ1) is 20.5. The molecule has 1 atom stereocenters. The Labute approximate surface area is 196 Å². The van der Waals surface area contributed by atoms with Gasteiger partial charge >= 0.3 is 0 Å². The van der Waals surface area contributed by atoms with Crippen molar-refractivity contribution in [2.75, 3.05) is 19.9 Å². The number of amides is 1. The maximum absolute atomic E-state index is 13.2. The Morgan fingerprint density at radius 1 is 0.853 bits per heavy atom. The Morgan fingerprint density at radius 2 is 1.62 bits per heavy atom. The van der Waals surface area contributed by atoms with Crippen molar-refractivity contribution in [3.05, 3.63) is 84.3 Å². The van der Waals surface area contributed by atoms with Crippen molar-refractivity contribution in [3.8, 4) is 34.1 Å². The molecule has 6 rings (SSSR count). The topological polar surface area (TPSA) is 77.7 Å². The van der Waals surface area contributed by atoms with Crippen LogP contribution in [0.15, 0.2) is 77.2 Å². The van der Waals surface area contributed by atoms with Gasteiger partial charge in [0.1, 0.15) is 0 Å². The van der Waals surface area contributed by atoms with Gasteiger partial charge in [0.15, 0.2) is 11.5 Å². The fraction of sp³-hybridized carbons (Fsp3) is 0.222. The van der Waals surface area contributed by atoms with Gasteiger partial charge in [-0.05, 0) is 54.3 Å². The van der Waals surface area contributed by atoms with Gasteiger partial charge in [0.2, 0.25) is 18.6 Å². The van der Waals surface area contributed by atoms with Crippen LogP contribution in [0.4, 0.5) is 0 Å². The van der Waals surface area contributed by atoms with Gasteiger partial charge in [-0.2, -0.15) is 0 Å². The lowest BCUT2D eigenvalue weighted by molar-refractivity contribution is 0.0698. The van der Waals surface area contributed by atoms with E-state index in [1.54, 1.807) is 0 Å². The Bertz CT molecular complexity index is 1320. The quantitative estimate of drug-likeness (QED) is 0.425. The highest BCUT2D eigenvalue weighted by molar-refractivity contribution is 5.94. The average molecular weight is 453 g/mol. The number of nitrogens with zero attached hydrogens (tertiary/aromatic N) is 3. The molecule has 1 fully saturated rings. The number of piperidine rings is 1. The molecule has 4 aromatic rings. The smallest absolute Gasteiger partial charge is 0.253 e. The van der Waals surface area contributed by atoms with Crippen LogP contribution >= 0.6 is 0 Å². The Hall–Kier alpha value is -4.13. The van der Waals surface area contributed by atoms with Gasteiger partial charge in [-0.3, -0.25) is 4.79 Å². The second-order valence-corrected chi connectivity index (χ2v) is 8.55. The fourth-order valence-corrected chi connectivity index (χ4v) is 4.53. The van der Waals surface area contributed by atoms with Gasteiger partial charge in [0, 0.05) is 24.2 Å². The van der Waals surface area contributed by atoms with Gasteiger partial charge in [0.25, 0.3) is 5.91 Å². The third-order valence-electron chi connectivity index (χ3n) is 6.36. The molecule has 7 heteroatoms. The molecular formula is C27H23N3O4. The van der Waals surface area contributed by atoms with Crippen LogP contribution in [0.3, 0.4) is 0 Å². The van der Waals surface area contributed by atoms with Crippen molar-refractivity contribution in [1.82, 2.24) is 15.1 Å². The molecule has 1 aromatic heterocycles. The van der Waals surface area contributed by atoms with Crippen molar-refractivity contribution in [1.29, 1.82) is 0 Å². The third-order valence-corrected chi connectivity index (χ3v) is 6.36. The van der Waals surface area contributed by atoms with Crippen LogP contribution in [0.25, 0.3) is 22.6 Å². The normalized spacial score (nSPS) is 17.1. The number of carbonyl (C=O) groups excluding carboxylic acids is 1. The number of likely N-dealkylation sites (tertiary alicyclic amines) is 1. The molecular weight excluding hydrogens is 430 g/mol. The maximum Gasteiger partial charge on any atom is 0.253 e. The number of hydrogen-bond acceptors (Lipinski definition) is 6. The molecule has 0 spiro atoms. The van der Waals surface area contributed by atoms with Crippen LogP contribution < -0.4 is 9.47 Å². The van der Waals surface area contributed by atoms with E-state index in [9.17, 15) is 4.79 Å². The number of fused-ring (bicyclic) bond motifs is 1. The summed E-state index contributed by atoms with van der Waals surface area (Å²) in [5, 5.41) is 8.53. The van der Waals surface area contributed by atoms with Crippen molar-refractivity contribution in [2.24, 2.45) is 0 Å². The summed E-state index contributed by atoms with van der Waals surface area (Å²) in [4.78, 5) is 15.1. The van der Waals surface area contributed by atoms with Crippen LogP contribution in [0.5, 0.6) is 11.5 Å². The number of hydrogen-bond donors (Lipinski definition) is 0. The van der Waals surface area contributed by atoms with E-state index in [0.29, 0.717) is 35.4 Å². The van der Waals surface area contributed by atoms with Crippen LogP contribution in [0.2, 0.25) is 0 Å². The van der Waals surface area contributed by atoms with Gasteiger partial charge < -0.3 is 18.8 Å². The molecule has 0 aliphatic carbocycles. The standard InChI is InChI=1S/C27H23N3O4/c31-27(20-10-8-19(9-11-20)18-5-2-1-3-6-18)30-14-4-7-22(16-30)26-29-28-25(34-26)21-12-13-23-24(15-21)33-17-32-23/h1-3,5-6,8-13,15,22H,4,7,14,16-17H2. The predicted molar refractivity (Wildman–Crippen MR) is 126 cm³/mol. The number of benzene rings is 3. The summed E-state index contributed by atoms with van der Waals surface area (Å²) in [5.74, 6) is 2.42. The van der Waals surface area contributed by atoms with Crippen molar-refractivity contribution >= 4 is 5.91 Å². The highest BCUT2D eigenvalue weighted by Gasteiger charge is 2.29. The van der Waals surface area contributed by atoms with E-state index in [4.69, 9.17) is 13.9 Å². The number of carbonyl (C=O) groups is 1. The summed E-state index contributed by atoms with van der Waals surface area (Å²) in [6.07, 6.45) is 1.79. The Kier molecular flexibility index (Phi) is 5.22. The minimum atomic E-state index is 0.0107. The predicted octanol–water partition coefficient (Wildman–Crippen LogP) is 5.15. The lowest BCUT2D eigenvalue weighted by Crippen LogP contribution is -2.39. The zero-order chi connectivity index (χ0) is 22.9. The molecule has 170 valence electrons. The second kappa shape index (κ2) is 8.67. The summed E-state index contributed by atoms with van der Waals surface area (Å²) < 4.78 is 16.8. The minimum absolute atomic E-state index is 0.0107. The van der Waals surface area contributed by atoms with E-state index in [1.807, 2.05) is 65.6 Å². The minimum Gasteiger partial charge on any atom is -0.454 e. The maximum atomic E-state index is 13.2. The van der Waals surface area contributed by atoms with Crippen LogP contribution in [0, 0.1) is 0 Å². The summed E-state index contributed by atoms with van der Waals surface area (Å²) in [5.41, 5.74) is 3.70. The molecule has 1 saturated heterocycles. The molecule has 1 amide bonds. The van der Waals surface area contributed by atoms with Gasteiger partial charge in [-0.1, -0.05) is 42.5 Å². The van der Waals surface area contributed by atoms with E-state index >= 15 is 0 Å². The fourth-order valence-electron chi connectivity index (χ4n) is 4.53. The molecule has 0 saturated carbocycles. The molecule has 7 nitrogen and oxygen atoms in total. The van der Waals surface area contributed by atoms with Crippen LogP contribution in [-0.2, 0) is 0 Å². The first-order valence-corrected chi connectivity index (χ1v) is 11.4. The van der Waals surface area contributed by atoms with E-state index in [0.717, 1.165) is 36.1 Å². The molecule has 34 heavy (non-hydrogen) atoms. The van der Waals surface area contributed by atoms with E-state index < -0.39 is 0 Å². The largest absolute Gasteiger partial charge is 0.454 e. The lowest BCUT2D eigenvalue weighted by atomic mass is 9.97. The number of ether oxygens (including phenoxy) is 2. The first-order valence-electron chi connectivity index (χ1n) is 11.4. The molecule has 3 heterocycles. The lowest BCUT2D eigenvalue weighted by Gasteiger charge is -2.31. The van der Waals surface area contributed by atoms with Crippen LogP contribution in [0.1, 0.15) is 35.0 Å². The number of aromatic nitrogens is 2. The van der Waals surface area contributed by atoms with E-state index in [1.165, 1.54) is 0 Å². The zero-order valence-electron chi connectivity index (χ0n) is 18.5. The molecule has 0 N–H and O–H groups in total. The van der Waals surface area contributed by atoms with E-state index in [2.05, 4.69) is 22.3 Å². The van der Waals surface area contributed by atoms with Gasteiger partial charge in [-0.15, -0.1) is 10.2 Å². The average Bonchev–Trinajstić information content (AvgIpc) is 3.59. The van der Waals surface area contributed by atoms with Crippen molar-refractivity contribution in [3.63, 3.8) is 0 Å². The Morgan fingerprint density at radius 3 is 2.47 bits per heavy atom. The first-order chi connectivity index (χ1) is 16.7. The summed E-state index contributed by atoms with van der Waals surface area (Å²) >= 11 is 0. The van der Waals surface area contributed by atoms with Crippen LogP contribution in [-0.4, -0.2) is 40.9 Å². The van der Waals surface area contributed by atoms with E-state index in [-0.39, 0.29) is 18.6 Å². The number of rotatable bonds is 4. The van der Waals surface area contributed by atoms with Gasteiger partial charge in [-0.25, -0.2) is 0 Å². The van der Waals surface area contributed by atoms with Crippen molar-refractivity contribution < 1.29 is 18.7 Å².